The van der Waals surface area contributed by atoms with E-state index < -0.39 is 0 Å². The standard InChI is InChI=1S/C39H28N4/c1-25-13-14-29-11-6-12-35(36(29)40-25)28-17-19-30(20-18-28)37-41-38(33-21-15-26-7-2-4-9-31(26)23-33)43-39(42-37)34-22-16-27-8-3-5-10-32(27)24-34/h2-25,40H,1H3. The van der Waals surface area contributed by atoms with Crippen LogP contribution < -0.4 is 5.32 Å². The van der Waals surface area contributed by atoms with Gasteiger partial charge in [0, 0.05) is 34.0 Å². The van der Waals surface area contributed by atoms with Crippen molar-refractivity contribution in [2.75, 3.05) is 5.32 Å². The Hall–Kier alpha value is -5.61. The van der Waals surface area contributed by atoms with Crippen molar-refractivity contribution in [3.05, 3.63) is 139 Å². The fraction of sp³-hybridized carbons (Fsp3) is 0.0513. The normalized spacial score (nSPS) is 14.0. The van der Waals surface area contributed by atoms with Crippen LogP contribution in [0, 0.1) is 0 Å². The van der Waals surface area contributed by atoms with E-state index in [2.05, 4.69) is 152 Å². The van der Waals surface area contributed by atoms with Crippen molar-refractivity contribution in [1.29, 1.82) is 0 Å². The molecular weight excluding hydrogens is 524 g/mol. The first-order valence-electron chi connectivity index (χ1n) is 14.6. The molecular formula is C39H28N4. The molecule has 8 rings (SSSR count). The van der Waals surface area contributed by atoms with Crippen molar-refractivity contribution >= 4 is 33.3 Å². The average molecular weight is 553 g/mol. The van der Waals surface area contributed by atoms with Crippen molar-refractivity contribution in [1.82, 2.24) is 15.0 Å². The van der Waals surface area contributed by atoms with Gasteiger partial charge in [-0.3, -0.25) is 0 Å². The van der Waals surface area contributed by atoms with Gasteiger partial charge in [-0.05, 0) is 51.7 Å². The van der Waals surface area contributed by atoms with Crippen LogP contribution in [0.5, 0.6) is 0 Å². The number of aromatic nitrogens is 3. The van der Waals surface area contributed by atoms with Crippen LogP contribution in [0.4, 0.5) is 5.69 Å². The summed E-state index contributed by atoms with van der Waals surface area (Å²) in [4.78, 5) is 15.0. The molecule has 0 amide bonds. The lowest BCUT2D eigenvalue weighted by Crippen LogP contribution is -2.16. The Kier molecular flexibility index (Phi) is 6.04. The molecule has 4 heteroatoms. The molecule has 43 heavy (non-hydrogen) atoms. The highest BCUT2D eigenvalue weighted by atomic mass is 15.0. The quantitative estimate of drug-likeness (QED) is 0.236. The summed E-state index contributed by atoms with van der Waals surface area (Å²) in [6.07, 6.45) is 4.39. The lowest BCUT2D eigenvalue weighted by molar-refractivity contribution is 0.993. The summed E-state index contributed by atoms with van der Waals surface area (Å²) in [5.41, 5.74) is 7.58. The Labute approximate surface area is 250 Å². The molecule has 6 aromatic carbocycles. The van der Waals surface area contributed by atoms with Gasteiger partial charge in [0.15, 0.2) is 17.5 Å². The Bertz CT molecular complexity index is 2080. The zero-order valence-electron chi connectivity index (χ0n) is 23.7. The van der Waals surface area contributed by atoms with Gasteiger partial charge < -0.3 is 5.32 Å². The Morgan fingerprint density at radius 1 is 0.488 bits per heavy atom. The summed E-state index contributed by atoms with van der Waals surface area (Å²) < 4.78 is 0. The van der Waals surface area contributed by atoms with Crippen molar-refractivity contribution in [3.8, 4) is 45.3 Å². The zero-order valence-corrected chi connectivity index (χ0v) is 23.7. The number of anilines is 1. The van der Waals surface area contributed by atoms with Gasteiger partial charge in [-0.25, -0.2) is 15.0 Å². The van der Waals surface area contributed by atoms with Crippen LogP contribution in [0.1, 0.15) is 12.5 Å². The number of hydrogen-bond donors (Lipinski definition) is 1. The molecule has 204 valence electrons. The maximum absolute atomic E-state index is 5.01. The minimum atomic E-state index is 0.292. The van der Waals surface area contributed by atoms with Crippen molar-refractivity contribution in [3.63, 3.8) is 0 Å². The number of rotatable bonds is 4. The maximum Gasteiger partial charge on any atom is 0.164 e. The second-order valence-electron chi connectivity index (χ2n) is 11.1. The predicted octanol–water partition coefficient (Wildman–Crippen LogP) is 9.67. The van der Waals surface area contributed by atoms with Crippen molar-refractivity contribution in [2.24, 2.45) is 0 Å². The van der Waals surface area contributed by atoms with Crippen LogP contribution in [0.2, 0.25) is 0 Å². The topological polar surface area (TPSA) is 50.7 Å². The Morgan fingerprint density at radius 3 is 1.60 bits per heavy atom. The summed E-state index contributed by atoms with van der Waals surface area (Å²) in [7, 11) is 0. The van der Waals surface area contributed by atoms with E-state index >= 15 is 0 Å². The van der Waals surface area contributed by atoms with Crippen molar-refractivity contribution in [2.45, 2.75) is 13.0 Å². The third-order valence-electron chi connectivity index (χ3n) is 8.14. The van der Waals surface area contributed by atoms with Crippen LogP contribution in [0.3, 0.4) is 0 Å². The van der Waals surface area contributed by atoms with Crippen LogP contribution in [0.15, 0.2) is 133 Å². The van der Waals surface area contributed by atoms with Gasteiger partial charge in [0.25, 0.3) is 0 Å². The number of nitrogens with one attached hydrogen (secondary N) is 1. The minimum Gasteiger partial charge on any atom is -0.378 e. The Morgan fingerprint density at radius 2 is 1.00 bits per heavy atom. The van der Waals surface area contributed by atoms with Crippen LogP contribution in [0.25, 0.3) is 72.9 Å². The summed E-state index contributed by atoms with van der Waals surface area (Å²) in [5.74, 6) is 1.97. The molecule has 0 fully saturated rings. The highest BCUT2D eigenvalue weighted by molar-refractivity contribution is 5.89. The first kappa shape index (κ1) is 25.1. The third kappa shape index (κ3) is 4.73. The van der Waals surface area contributed by atoms with E-state index in [0.29, 0.717) is 23.5 Å². The van der Waals surface area contributed by atoms with Gasteiger partial charge in [-0.1, -0.05) is 127 Å². The van der Waals surface area contributed by atoms with Gasteiger partial charge in [0.2, 0.25) is 0 Å². The third-order valence-corrected chi connectivity index (χ3v) is 8.14. The van der Waals surface area contributed by atoms with E-state index in [1.165, 1.54) is 27.6 Å². The molecule has 0 radical (unpaired) electrons. The largest absolute Gasteiger partial charge is 0.378 e. The molecule has 0 aliphatic carbocycles. The monoisotopic (exact) mass is 552 g/mol. The van der Waals surface area contributed by atoms with Crippen LogP contribution >= 0.6 is 0 Å². The smallest absolute Gasteiger partial charge is 0.164 e. The van der Waals surface area contributed by atoms with Gasteiger partial charge >= 0.3 is 0 Å². The maximum atomic E-state index is 5.01. The van der Waals surface area contributed by atoms with E-state index in [4.69, 9.17) is 15.0 Å². The summed E-state index contributed by atoms with van der Waals surface area (Å²) in [6.45, 7) is 2.17. The molecule has 1 aliphatic heterocycles. The molecule has 0 spiro atoms. The molecule has 1 aliphatic rings. The fourth-order valence-electron chi connectivity index (χ4n) is 5.85. The molecule has 1 N–H and O–H groups in total. The number of benzene rings is 6. The highest BCUT2D eigenvalue weighted by Gasteiger charge is 2.16. The lowest BCUT2D eigenvalue weighted by Gasteiger charge is -2.22. The molecule has 0 saturated carbocycles. The highest BCUT2D eigenvalue weighted by Crippen LogP contribution is 2.36. The lowest BCUT2D eigenvalue weighted by atomic mass is 9.96. The molecule has 0 saturated heterocycles. The second kappa shape index (κ2) is 10.3. The van der Waals surface area contributed by atoms with Crippen LogP contribution in [-0.2, 0) is 0 Å². The molecule has 4 nitrogen and oxygen atoms in total. The van der Waals surface area contributed by atoms with Crippen molar-refractivity contribution < 1.29 is 0 Å². The number of fused-ring (bicyclic) bond motifs is 3. The number of para-hydroxylation sites is 1. The summed E-state index contributed by atoms with van der Waals surface area (Å²) in [5, 5.41) is 8.32. The Balaban J connectivity index is 1.25. The van der Waals surface area contributed by atoms with Gasteiger partial charge in [-0.15, -0.1) is 0 Å². The molecule has 2 heterocycles. The molecule has 1 aromatic heterocycles. The van der Waals surface area contributed by atoms with Crippen LogP contribution in [-0.4, -0.2) is 21.0 Å². The molecule has 1 atom stereocenters. The molecule has 1 unspecified atom stereocenters. The van der Waals surface area contributed by atoms with E-state index in [9.17, 15) is 0 Å². The molecule has 7 aromatic rings. The zero-order chi connectivity index (χ0) is 28.8. The fourth-order valence-corrected chi connectivity index (χ4v) is 5.85. The first-order chi connectivity index (χ1) is 21.2. The SMILES string of the molecule is CC1C=Cc2cccc(-c3ccc(-c4nc(-c5ccc6ccccc6c5)nc(-c5ccc6ccccc6c5)n4)cc3)c2N1. The number of nitrogens with zero attached hydrogens (tertiary/aromatic N) is 3. The second-order valence-corrected chi connectivity index (χ2v) is 11.1. The first-order valence-corrected chi connectivity index (χ1v) is 14.6. The van der Waals surface area contributed by atoms with Gasteiger partial charge in [0.05, 0.1) is 0 Å². The van der Waals surface area contributed by atoms with Gasteiger partial charge in [-0.2, -0.15) is 0 Å². The minimum absolute atomic E-state index is 0.292. The summed E-state index contributed by atoms with van der Waals surface area (Å²) >= 11 is 0. The van der Waals surface area contributed by atoms with E-state index in [1.54, 1.807) is 0 Å². The van der Waals surface area contributed by atoms with E-state index in [-0.39, 0.29) is 0 Å². The summed E-state index contributed by atoms with van der Waals surface area (Å²) in [6, 6.07) is 44.7. The van der Waals surface area contributed by atoms with E-state index in [0.717, 1.165) is 33.0 Å². The van der Waals surface area contributed by atoms with E-state index in [1.807, 2.05) is 0 Å². The predicted molar refractivity (Wildman–Crippen MR) is 179 cm³/mol. The number of hydrogen-bond acceptors (Lipinski definition) is 4. The molecule has 0 bridgehead atoms. The van der Waals surface area contributed by atoms with Gasteiger partial charge in [0.1, 0.15) is 0 Å². The average Bonchev–Trinajstić information content (AvgIpc) is 3.07.